The van der Waals surface area contributed by atoms with Gasteiger partial charge < -0.3 is 0 Å². The van der Waals surface area contributed by atoms with Crippen LogP contribution in [-0.4, -0.2) is 10.1 Å². The first kappa shape index (κ1) is 17.2. The van der Waals surface area contributed by atoms with Crippen LogP contribution in [0, 0.1) is 0 Å². The zero-order chi connectivity index (χ0) is 17.5. The molecule has 0 unspecified atom stereocenters. The summed E-state index contributed by atoms with van der Waals surface area (Å²) < 4.78 is 0. The second kappa shape index (κ2) is 8.48. The predicted molar refractivity (Wildman–Crippen MR) is 108 cm³/mol. The van der Waals surface area contributed by atoms with Gasteiger partial charge in [0.15, 0.2) is 0 Å². The fraction of sp³-hybridized carbons (Fsp3) is 0.182. The fourth-order valence-electron chi connectivity index (χ4n) is 2.74. The summed E-state index contributed by atoms with van der Waals surface area (Å²) in [6.07, 6.45) is 5.55. The minimum absolute atomic E-state index is 0.804. The number of aryl methyl sites for hydroxylation is 1. The molecule has 25 heavy (non-hydrogen) atoms. The predicted octanol–water partition coefficient (Wildman–Crippen LogP) is 6.49. The molecule has 0 radical (unpaired) electrons. The summed E-state index contributed by atoms with van der Waals surface area (Å²) in [7, 11) is 0. The molecule has 0 spiro atoms. The van der Waals surface area contributed by atoms with Crippen molar-refractivity contribution in [2.24, 2.45) is 4.99 Å². The normalized spacial score (nSPS) is 10.3. The summed E-state index contributed by atoms with van der Waals surface area (Å²) in [6, 6.07) is 20.8. The van der Waals surface area contributed by atoms with E-state index in [-0.39, 0.29) is 0 Å². The lowest BCUT2D eigenvalue weighted by Gasteiger charge is -2.06. The third kappa shape index (κ3) is 4.48. The summed E-state index contributed by atoms with van der Waals surface area (Å²) >= 11 is 4.62. The molecule has 0 amide bonds. The smallest absolute Gasteiger partial charge is 0.0740 e. The molecule has 3 aromatic rings. The minimum Gasteiger partial charge on any atom is -0.256 e. The van der Waals surface area contributed by atoms with Crippen molar-refractivity contribution in [2.45, 2.75) is 26.2 Å². The van der Waals surface area contributed by atoms with E-state index in [1.807, 2.05) is 30.5 Å². The second-order valence-corrected chi connectivity index (χ2v) is 6.17. The topological polar surface area (TPSA) is 25.2 Å². The van der Waals surface area contributed by atoms with Crippen LogP contribution in [0.3, 0.4) is 0 Å². The molecule has 2 nitrogen and oxygen atoms in total. The fourth-order valence-corrected chi connectivity index (χ4v) is 2.84. The number of aromatic nitrogens is 1. The quantitative estimate of drug-likeness (QED) is 0.377. The Kier molecular flexibility index (Phi) is 5.84. The maximum absolute atomic E-state index is 4.62. The van der Waals surface area contributed by atoms with Crippen LogP contribution in [-0.2, 0) is 6.42 Å². The van der Waals surface area contributed by atoms with Gasteiger partial charge in [-0.3, -0.25) is 4.98 Å². The average Bonchev–Trinajstić information content (AvgIpc) is 2.68. The SMILES string of the molecule is CCCCc1ccc(-c2ccc(-c3ccc(N=C=S)cc3)nc2)cc1. The molecule has 0 fully saturated rings. The first-order chi connectivity index (χ1) is 12.3. The van der Waals surface area contributed by atoms with Crippen LogP contribution in [0.1, 0.15) is 25.3 Å². The molecule has 1 heterocycles. The van der Waals surface area contributed by atoms with Crippen molar-refractivity contribution >= 4 is 23.1 Å². The third-order valence-corrected chi connectivity index (χ3v) is 4.30. The molecule has 0 saturated heterocycles. The molecule has 1 aromatic heterocycles. The number of isothiocyanates is 1. The van der Waals surface area contributed by atoms with Crippen LogP contribution in [0.25, 0.3) is 22.4 Å². The van der Waals surface area contributed by atoms with Crippen molar-refractivity contribution in [3.8, 4) is 22.4 Å². The lowest BCUT2D eigenvalue weighted by molar-refractivity contribution is 0.795. The van der Waals surface area contributed by atoms with E-state index in [4.69, 9.17) is 0 Å². The van der Waals surface area contributed by atoms with Gasteiger partial charge in [-0.2, -0.15) is 4.99 Å². The second-order valence-electron chi connectivity index (χ2n) is 5.98. The molecule has 0 aliphatic rings. The van der Waals surface area contributed by atoms with Crippen molar-refractivity contribution in [1.29, 1.82) is 0 Å². The molecule has 0 aliphatic carbocycles. The van der Waals surface area contributed by atoms with E-state index in [0.29, 0.717) is 0 Å². The Hall–Kier alpha value is -2.61. The summed E-state index contributed by atoms with van der Waals surface area (Å²) in [4.78, 5) is 8.57. The van der Waals surface area contributed by atoms with Gasteiger partial charge in [0.05, 0.1) is 16.5 Å². The lowest BCUT2D eigenvalue weighted by atomic mass is 10.0. The molecular formula is C22H20N2S. The highest BCUT2D eigenvalue weighted by Gasteiger charge is 2.02. The number of unbranched alkanes of at least 4 members (excludes halogenated alkanes) is 1. The van der Waals surface area contributed by atoms with Crippen molar-refractivity contribution < 1.29 is 0 Å². The number of aliphatic imine (C=N–C) groups is 1. The van der Waals surface area contributed by atoms with E-state index in [0.717, 1.165) is 28.9 Å². The third-order valence-electron chi connectivity index (χ3n) is 4.21. The highest BCUT2D eigenvalue weighted by molar-refractivity contribution is 7.78. The highest BCUT2D eigenvalue weighted by Crippen LogP contribution is 2.24. The zero-order valence-corrected chi connectivity index (χ0v) is 15.1. The molecule has 124 valence electrons. The molecule has 0 atom stereocenters. The largest absolute Gasteiger partial charge is 0.256 e. The number of nitrogens with zero attached hydrogens (tertiary/aromatic N) is 2. The Labute approximate surface area is 154 Å². The van der Waals surface area contributed by atoms with E-state index in [1.165, 1.54) is 24.0 Å². The molecule has 0 N–H and O–H groups in total. The Balaban J connectivity index is 1.76. The first-order valence-electron chi connectivity index (χ1n) is 8.54. The number of hydrogen-bond donors (Lipinski definition) is 0. The van der Waals surface area contributed by atoms with Gasteiger partial charge in [-0.1, -0.05) is 55.8 Å². The molecule has 3 heteroatoms. The minimum atomic E-state index is 0.804. The average molecular weight is 344 g/mol. The summed E-state index contributed by atoms with van der Waals surface area (Å²) in [6.45, 7) is 2.22. The maximum Gasteiger partial charge on any atom is 0.0740 e. The number of hydrogen-bond acceptors (Lipinski definition) is 3. The highest BCUT2D eigenvalue weighted by atomic mass is 32.1. The number of pyridine rings is 1. The van der Waals surface area contributed by atoms with Crippen LogP contribution in [0.2, 0.25) is 0 Å². The monoisotopic (exact) mass is 344 g/mol. The Morgan fingerprint density at radius 3 is 2.16 bits per heavy atom. The number of benzene rings is 2. The van der Waals surface area contributed by atoms with Gasteiger partial charge in [0.25, 0.3) is 0 Å². The van der Waals surface area contributed by atoms with Crippen LogP contribution < -0.4 is 0 Å². The van der Waals surface area contributed by atoms with Gasteiger partial charge in [0.1, 0.15) is 0 Å². The van der Waals surface area contributed by atoms with E-state index in [2.05, 4.69) is 70.7 Å². The van der Waals surface area contributed by atoms with Crippen molar-refractivity contribution in [2.75, 3.05) is 0 Å². The van der Waals surface area contributed by atoms with E-state index >= 15 is 0 Å². The van der Waals surface area contributed by atoms with Crippen molar-refractivity contribution in [3.63, 3.8) is 0 Å². The van der Waals surface area contributed by atoms with Gasteiger partial charge in [-0.15, -0.1) is 0 Å². The van der Waals surface area contributed by atoms with Crippen molar-refractivity contribution in [3.05, 3.63) is 72.4 Å². The molecule has 3 rings (SSSR count). The molecule has 2 aromatic carbocycles. The van der Waals surface area contributed by atoms with Gasteiger partial charge in [-0.25, -0.2) is 0 Å². The van der Waals surface area contributed by atoms with E-state index in [1.54, 1.807) is 0 Å². The Bertz CT molecular complexity index is 859. The number of rotatable bonds is 6. The number of thiocarbonyl (C=S) groups is 1. The summed E-state index contributed by atoms with van der Waals surface area (Å²) in [5, 5.41) is 2.38. The van der Waals surface area contributed by atoms with Crippen LogP contribution >= 0.6 is 12.2 Å². The maximum atomic E-state index is 4.62. The van der Waals surface area contributed by atoms with Gasteiger partial charge in [0, 0.05) is 17.3 Å². The van der Waals surface area contributed by atoms with Gasteiger partial charge in [-0.05, 0) is 54.4 Å². The van der Waals surface area contributed by atoms with Gasteiger partial charge in [0.2, 0.25) is 0 Å². The van der Waals surface area contributed by atoms with Crippen LogP contribution in [0.15, 0.2) is 71.9 Å². The molecule has 0 aliphatic heterocycles. The first-order valence-corrected chi connectivity index (χ1v) is 8.94. The standard InChI is InChI=1S/C22H20N2S/c1-2-3-4-17-5-7-18(8-6-17)20-11-14-22(23-15-20)19-9-12-21(13-10-19)24-16-25/h5-15H,2-4H2,1H3. The zero-order valence-electron chi connectivity index (χ0n) is 14.3. The Morgan fingerprint density at radius 1 is 0.880 bits per heavy atom. The van der Waals surface area contributed by atoms with Gasteiger partial charge >= 0.3 is 0 Å². The summed E-state index contributed by atoms with van der Waals surface area (Å²) in [5.41, 5.74) is 6.54. The lowest BCUT2D eigenvalue weighted by Crippen LogP contribution is -1.87. The molecule has 0 bridgehead atoms. The van der Waals surface area contributed by atoms with Crippen LogP contribution in [0.5, 0.6) is 0 Å². The summed E-state index contributed by atoms with van der Waals surface area (Å²) in [5.74, 6) is 0. The van der Waals surface area contributed by atoms with Crippen LogP contribution in [0.4, 0.5) is 5.69 Å². The van der Waals surface area contributed by atoms with E-state index < -0.39 is 0 Å². The Morgan fingerprint density at radius 2 is 1.56 bits per heavy atom. The molecular weight excluding hydrogens is 324 g/mol. The molecule has 0 saturated carbocycles. The van der Waals surface area contributed by atoms with E-state index in [9.17, 15) is 0 Å². The van der Waals surface area contributed by atoms with Crippen molar-refractivity contribution in [1.82, 2.24) is 4.98 Å².